The van der Waals surface area contributed by atoms with E-state index in [-0.39, 0.29) is 30.8 Å². The van der Waals surface area contributed by atoms with Crippen LogP contribution in [0.2, 0.25) is 0 Å². The molecule has 1 fully saturated rings. The highest BCUT2D eigenvalue weighted by Gasteiger charge is 2.41. The van der Waals surface area contributed by atoms with Crippen molar-refractivity contribution in [1.29, 1.82) is 0 Å². The summed E-state index contributed by atoms with van der Waals surface area (Å²) in [5.41, 5.74) is 2.53. The Morgan fingerprint density at radius 2 is 1.48 bits per heavy atom. The van der Waals surface area contributed by atoms with Crippen LogP contribution in [0.1, 0.15) is 47.5 Å². The standard InChI is InChI=1S/C27H26O6/c1-16-17(2)26(20-9-11-21-24(14-20)31-15-30-21)33-25(16)19-10-12-22(23(13-19)29-3)32-27(28)18-7-5-4-6-8-18/h4-14,16-17,25-26H,15H2,1-3H3/t16-,17+,25+,26+/m1/s1. The predicted molar refractivity (Wildman–Crippen MR) is 122 cm³/mol. The monoisotopic (exact) mass is 446 g/mol. The minimum atomic E-state index is -0.427. The van der Waals surface area contributed by atoms with E-state index in [4.69, 9.17) is 23.7 Å². The van der Waals surface area contributed by atoms with Gasteiger partial charge in [-0.2, -0.15) is 0 Å². The van der Waals surface area contributed by atoms with Crippen LogP contribution in [0.15, 0.2) is 66.7 Å². The lowest BCUT2D eigenvalue weighted by Gasteiger charge is -2.18. The number of benzene rings is 3. The van der Waals surface area contributed by atoms with Crippen molar-refractivity contribution in [3.05, 3.63) is 83.4 Å². The molecule has 33 heavy (non-hydrogen) atoms. The quantitative estimate of drug-likeness (QED) is 0.369. The van der Waals surface area contributed by atoms with Gasteiger partial charge in [-0.25, -0.2) is 4.79 Å². The van der Waals surface area contributed by atoms with Gasteiger partial charge >= 0.3 is 5.97 Å². The number of fused-ring (bicyclic) bond motifs is 1. The Morgan fingerprint density at radius 3 is 2.21 bits per heavy atom. The fraction of sp³-hybridized carbons (Fsp3) is 0.296. The first-order valence-corrected chi connectivity index (χ1v) is 11.1. The first-order chi connectivity index (χ1) is 16.0. The molecule has 4 atom stereocenters. The zero-order chi connectivity index (χ0) is 22.9. The smallest absolute Gasteiger partial charge is 0.343 e. The molecule has 0 radical (unpaired) electrons. The van der Waals surface area contributed by atoms with Crippen LogP contribution in [0.25, 0.3) is 0 Å². The molecule has 0 spiro atoms. The van der Waals surface area contributed by atoms with Crippen LogP contribution in [-0.4, -0.2) is 19.9 Å². The molecule has 3 aromatic rings. The minimum Gasteiger partial charge on any atom is -0.493 e. The first kappa shape index (κ1) is 21.3. The lowest BCUT2D eigenvalue weighted by molar-refractivity contribution is 0.0288. The van der Waals surface area contributed by atoms with Gasteiger partial charge in [-0.3, -0.25) is 0 Å². The molecule has 0 aliphatic carbocycles. The van der Waals surface area contributed by atoms with Crippen molar-refractivity contribution in [2.75, 3.05) is 13.9 Å². The van der Waals surface area contributed by atoms with Crippen molar-refractivity contribution < 1.29 is 28.5 Å². The molecule has 170 valence electrons. The zero-order valence-electron chi connectivity index (χ0n) is 18.8. The Balaban J connectivity index is 1.37. The maximum Gasteiger partial charge on any atom is 0.343 e. The molecular formula is C27H26O6. The van der Waals surface area contributed by atoms with Crippen molar-refractivity contribution in [2.24, 2.45) is 11.8 Å². The molecule has 2 aliphatic rings. The van der Waals surface area contributed by atoms with Crippen molar-refractivity contribution >= 4 is 5.97 Å². The van der Waals surface area contributed by atoms with Crippen molar-refractivity contribution in [3.63, 3.8) is 0 Å². The van der Waals surface area contributed by atoms with Crippen LogP contribution in [-0.2, 0) is 4.74 Å². The normalized spacial score (nSPS) is 23.4. The van der Waals surface area contributed by atoms with Crippen LogP contribution in [0.4, 0.5) is 0 Å². The summed E-state index contributed by atoms with van der Waals surface area (Å²) in [7, 11) is 1.57. The summed E-state index contributed by atoms with van der Waals surface area (Å²) in [5, 5.41) is 0. The van der Waals surface area contributed by atoms with Gasteiger partial charge in [0.25, 0.3) is 0 Å². The number of hydrogen-bond acceptors (Lipinski definition) is 6. The minimum absolute atomic E-state index is 0.0684. The molecule has 0 aromatic heterocycles. The number of methoxy groups -OCH3 is 1. The fourth-order valence-electron chi connectivity index (χ4n) is 4.49. The van der Waals surface area contributed by atoms with E-state index in [9.17, 15) is 4.79 Å². The number of carbonyl (C=O) groups excluding carboxylic acids is 1. The molecule has 3 aromatic carbocycles. The predicted octanol–water partition coefficient (Wildman–Crippen LogP) is 5.73. The maximum atomic E-state index is 12.5. The number of ether oxygens (including phenoxy) is 5. The first-order valence-electron chi connectivity index (χ1n) is 11.1. The number of hydrogen-bond donors (Lipinski definition) is 0. The Morgan fingerprint density at radius 1 is 0.818 bits per heavy atom. The highest BCUT2D eigenvalue weighted by molar-refractivity contribution is 5.91. The van der Waals surface area contributed by atoms with Crippen molar-refractivity contribution in [1.82, 2.24) is 0 Å². The van der Waals surface area contributed by atoms with Crippen molar-refractivity contribution in [2.45, 2.75) is 26.1 Å². The second-order valence-electron chi connectivity index (χ2n) is 8.47. The zero-order valence-corrected chi connectivity index (χ0v) is 18.8. The second kappa shape index (κ2) is 8.79. The summed E-state index contributed by atoms with van der Waals surface area (Å²) in [6.07, 6.45) is -0.190. The van der Waals surface area contributed by atoms with E-state index in [1.807, 2.05) is 36.4 Å². The summed E-state index contributed by atoms with van der Waals surface area (Å²) < 4.78 is 28.7. The largest absolute Gasteiger partial charge is 0.493 e. The number of esters is 1. The number of carbonyl (C=O) groups is 1. The van der Waals surface area contributed by atoms with Crippen LogP contribution in [0.5, 0.6) is 23.0 Å². The molecule has 0 saturated carbocycles. The van der Waals surface area contributed by atoms with E-state index in [0.717, 1.165) is 22.6 Å². The summed E-state index contributed by atoms with van der Waals surface area (Å²) >= 11 is 0. The van der Waals surface area contributed by atoms with Gasteiger partial charge in [-0.15, -0.1) is 0 Å². The van der Waals surface area contributed by atoms with E-state index in [0.29, 0.717) is 17.1 Å². The Labute approximate surface area is 193 Å². The molecule has 2 aliphatic heterocycles. The lowest BCUT2D eigenvalue weighted by atomic mass is 9.85. The van der Waals surface area contributed by atoms with E-state index in [1.54, 1.807) is 37.4 Å². The molecule has 0 N–H and O–H groups in total. The Kier molecular flexibility index (Phi) is 5.68. The summed E-state index contributed by atoms with van der Waals surface area (Å²) in [6.45, 7) is 4.64. The van der Waals surface area contributed by atoms with Gasteiger partial charge in [0, 0.05) is 0 Å². The molecule has 0 unspecified atom stereocenters. The van der Waals surface area contributed by atoms with Gasteiger partial charge in [0.1, 0.15) is 0 Å². The lowest BCUT2D eigenvalue weighted by Crippen LogP contribution is -2.11. The van der Waals surface area contributed by atoms with Crippen molar-refractivity contribution in [3.8, 4) is 23.0 Å². The van der Waals surface area contributed by atoms with E-state index in [2.05, 4.69) is 13.8 Å². The summed E-state index contributed by atoms with van der Waals surface area (Å²) in [5.74, 6) is 2.52. The molecule has 1 saturated heterocycles. The molecule has 6 nitrogen and oxygen atoms in total. The second-order valence-corrected chi connectivity index (χ2v) is 8.47. The molecule has 2 heterocycles. The molecule has 0 amide bonds. The van der Waals surface area contributed by atoms with E-state index < -0.39 is 5.97 Å². The van der Waals surface area contributed by atoms with Gasteiger partial charge in [-0.1, -0.05) is 44.2 Å². The third-order valence-electron chi connectivity index (χ3n) is 6.53. The third kappa shape index (κ3) is 4.02. The van der Waals surface area contributed by atoms with E-state index in [1.165, 1.54) is 0 Å². The van der Waals surface area contributed by atoms with Gasteiger partial charge in [-0.05, 0) is 59.4 Å². The van der Waals surface area contributed by atoms with Gasteiger partial charge in [0.05, 0.1) is 24.9 Å². The topological polar surface area (TPSA) is 63.2 Å². The number of rotatable bonds is 5. The maximum absolute atomic E-state index is 12.5. The van der Waals surface area contributed by atoms with Crippen LogP contribution >= 0.6 is 0 Å². The summed E-state index contributed by atoms with van der Waals surface area (Å²) in [6, 6.07) is 20.5. The summed E-state index contributed by atoms with van der Waals surface area (Å²) in [4.78, 5) is 12.5. The molecule has 5 rings (SSSR count). The highest BCUT2D eigenvalue weighted by atomic mass is 16.7. The average molecular weight is 446 g/mol. The third-order valence-corrected chi connectivity index (χ3v) is 6.53. The fourth-order valence-corrected chi connectivity index (χ4v) is 4.49. The van der Waals surface area contributed by atoms with Crippen LogP contribution in [0.3, 0.4) is 0 Å². The van der Waals surface area contributed by atoms with Gasteiger partial charge < -0.3 is 23.7 Å². The molecule has 0 bridgehead atoms. The molecule has 6 heteroatoms. The Hall–Kier alpha value is -3.51. The molecular weight excluding hydrogens is 420 g/mol. The van der Waals surface area contributed by atoms with Gasteiger partial charge in [0.15, 0.2) is 23.0 Å². The van der Waals surface area contributed by atoms with E-state index >= 15 is 0 Å². The van der Waals surface area contributed by atoms with Crippen LogP contribution < -0.4 is 18.9 Å². The van der Waals surface area contributed by atoms with Crippen LogP contribution in [0, 0.1) is 11.8 Å². The van der Waals surface area contributed by atoms with Gasteiger partial charge in [0.2, 0.25) is 6.79 Å². The average Bonchev–Trinajstić information content (AvgIpc) is 3.44. The Bertz CT molecular complexity index is 1160. The SMILES string of the molecule is COc1cc([C@H]2O[C@H](c3ccc4c(c3)OCO4)[C@@H](C)[C@H]2C)ccc1OC(=O)c1ccccc1. The highest BCUT2D eigenvalue weighted by Crippen LogP contribution is 2.51.